The smallest absolute Gasteiger partial charge is 0.343 e. The number of nitrogens with one attached hydrogen (secondary N) is 1. The van der Waals surface area contributed by atoms with Crippen molar-refractivity contribution < 1.29 is 19.2 Å². The molecule has 1 fully saturated rings. The quantitative estimate of drug-likeness (QED) is 0.276. The summed E-state index contributed by atoms with van der Waals surface area (Å²) < 4.78 is 4.73. The molecule has 1 aliphatic rings. The number of esters is 1. The van der Waals surface area contributed by atoms with Crippen LogP contribution in [0.4, 0.5) is 0 Å². The Kier molecular flexibility index (Phi) is 5.84. The van der Waals surface area contributed by atoms with E-state index in [0.29, 0.717) is 5.57 Å². The van der Waals surface area contributed by atoms with Gasteiger partial charge < -0.3 is 4.74 Å². The standard InChI is InChI=1S/C14H19Cl2NO4/c1-7(2)10(13(19)20-5)12(18)17-21-11-8(6-9(15)16)14(11,3)4/h6,8,11H,1-5H3,(H,17,18). The first kappa shape index (κ1) is 18.0. The van der Waals surface area contributed by atoms with Gasteiger partial charge in [0.1, 0.15) is 10.1 Å². The van der Waals surface area contributed by atoms with Gasteiger partial charge in [0, 0.05) is 11.3 Å². The van der Waals surface area contributed by atoms with E-state index in [9.17, 15) is 9.59 Å². The third-order valence-electron chi connectivity index (χ3n) is 3.51. The van der Waals surface area contributed by atoms with Gasteiger partial charge in [-0.25, -0.2) is 10.3 Å². The molecule has 1 saturated carbocycles. The molecule has 2 atom stereocenters. The van der Waals surface area contributed by atoms with Crippen molar-refractivity contribution in [3.05, 3.63) is 21.7 Å². The number of halogens is 2. The molecule has 2 unspecified atom stereocenters. The monoisotopic (exact) mass is 335 g/mol. The maximum atomic E-state index is 12.0. The first-order chi connectivity index (χ1) is 9.62. The van der Waals surface area contributed by atoms with Crippen LogP contribution in [0.2, 0.25) is 0 Å². The number of carbonyl (C=O) groups is 2. The Bertz CT molecular complexity index is 503. The average molecular weight is 336 g/mol. The van der Waals surface area contributed by atoms with Crippen LogP contribution in [0.25, 0.3) is 0 Å². The van der Waals surface area contributed by atoms with Crippen LogP contribution >= 0.6 is 23.2 Å². The lowest BCUT2D eigenvalue weighted by Crippen LogP contribution is -2.31. The molecule has 1 rings (SSSR count). The highest BCUT2D eigenvalue weighted by molar-refractivity contribution is 6.55. The number of rotatable bonds is 5. The molecule has 7 heteroatoms. The molecule has 0 saturated heterocycles. The molecule has 21 heavy (non-hydrogen) atoms. The molecule has 0 aliphatic heterocycles. The maximum Gasteiger partial charge on any atom is 0.343 e. The zero-order valence-corrected chi connectivity index (χ0v) is 14.1. The Morgan fingerprint density at radius 3 is 2.24 bits per heavy atom. The van der Waals surface area contributed by atoms with Crippen molar-refractivity contribution in [3.63, 3.8) is 0 Å². The molecule has 0 radical (unpaired) electrons. The number of carbonyl (C=O) groups excluding carboxylic acids is 2. The molecule has 0 bridgehead atoms. The number of amides is 1. The van der Waals surface area contributed by atoms with Gasteiger partial charge in [0.15, 0.2) is 0 Å². The number of hydrogen-bond donors (Lipinski definition) is 1. The van der Waals surface area contributed by atoms with E-state index in [4.69, 9.17) is 28.0 Å². The highest BCUT2D eigenvalue weighted by Gasteiger charge is 2.59. The third kappa shape index (κ3) is 4.22. The van der Waals surface area contributed by atoms with Crippen molar-refractivity contribution in [1.29, 1.82) is 0 Å². The summed E-state index contributed by atoms with van der Waals surface area (Å²) in [6.07, 6.45) is 1.41. The van der Waals surface area contributed by atoms with E-state index in [1.807, 2.05) is 13.8 Å². The van der Waals surface area contributed by atoms with Crippen molar-refractivity contribution in [3.8, 4) is 0 Å². The molecule has 118 valence electrons. The second-order valence-corrected chi connectivity index (χ2v) is 6.65. The molecule has 5 nitrogen and oxygen atoms in total. The zero-order valence-electron chi connectivity index (χ0n) is 12.6. The highest BCUT2D eigenvalue weighted by Crippen LogP contribution is 2.55. The lowest BCUT2D eigenvalue weighted by atomic mass is 10.1. The van der Waals surface area contributed by atoms with Gasteiger partial charge in [-0.2, -0.15) is 0 Å². The van der Waals surface area contributed by atoms with Gasteiger partial charge in [0.05, 0.1) is 13.2 Å². The SMILES string of the molecule is COC(=O)C(C(=O)NOC1C(C=C(Cl)Cl)C1(C)C)=C(C)C. The molecule has 0 spiro atoms. The highest BCUT2D eigenvalue weighted by atomic mass is 35.5. The van der Waals surface area contributed by atoms with Crippen molar-refractivity contribution in [2.24, 2.45) is 11.3 Å². The summed E-state index contributed by atoms with van der Waals surface area (Å²) in [5.41, 5.74) is 2.56. The fourth-order valence-electron chi connectivity index (χ4n) is 2.09. The van der Waals surface area contributed by atoms with Crippen LogP contribution in [0.1, 0.15) is 27.7 Å². The number of methoxy groups -OCH3 is 1. The van der Waals surface area contributed by atoms with Gasteiger partial charge in [-0.3, -0.25) is 9.63 Å². The molecule has 1 amide bonds. The van der Waals surface area contributed by atoms with Crippen molar-refractivity contribution >= 4 is 35.1 Å². The minimum Gasteiger partial charge on any atom is -0.465 e. The van der Waals surface area contributed by atoms with Gasteiger partial charge in [-0.15, -0.1) is 0 Å². The van der Waals surface area contributed by atoms with Crippen LogP contribution in [0, 0.1) is 11.3 Å². The first-order valence-corrected chi connectivity index (χ1v) is 7.13. The topological polar surface area (TPSA) is 64.6 Å². The Labute approximate surface area is 134 Å². The minimum atomic E-state index is -0.702. The van der Waals surface area contributed by atoms with E-state index < -0.39 is 11.9 Å². The van der Waals surface area contributed by atoms with E-state index in [1.54, 1.807) is 19.9 Å². The largest absolute Gasteiger partial charge is 0.465 e. The van der Waals surface area contributed by atoms with Crippen LogP contribution in [0.5, 0.6) is 0 Å². The lowest BCUT2D eigenvalue weighted by molar-refractivity contribution is -0.141. The molecule has 1 aliphatic carbocycles. The predicted molar refractivity (Wildman–Crippen MR) is 80.5 cm³/mol. The van der Waals surface area contributed by atoms with Gasteiger partial charge >= 0.3 is 5.97 Å². The Balaban J connectivity index is 2.68. The molecule has 0 aromatic rings. The van der Waals surface area contributed by atoms with Crippen LogP contribution in [-0.4, -0.2) is 25.1 Å². The van der Waals surface area contributed by atoms with Crippen molar-refractivity contribution in [1.82, 2.24) is 5.48 Å². The fraction of sp³-hybridized carbons (Fsp3) is 0.571. The van der Waals surface area contributed by atoms with E-state index in [0.717, 1.165) is 0 Å². The number of allylic oxidation sites excluding steroid dienone is 1. The fourth-order valence-corrected chi connectivity index (χ4v) is 2.36. The van der Waals surface area contributed by atoms with Gasteiger partial charge in [0.2, 0.25) is 0 Å². The minimum absolute atomic E-state index is 0.00363. The van der Waals surface area contributed by atoms with Gasteiger partial charge in [-0.05, 0) is 19.9 Å². The van der Waals surface area contributed by atoms with Gasteiger partial charge in [-0.1, -0.05) is 42.6 Å². The summed E-state index contributed by atoms with van der Waals surface area (Å²) in [6, 6.07) is 0. The number of ether oxygens (including phenoxy) is 1. The normalized spacial score (nSPS) is 22.0. The number of hydroxylamine groups is 1. The lowest BCUT2D eigenvalue weighted by Gasteiger charge is -2.10. The molecule has 1 N–H and O–H groups in total. The van der Waals surface area contributed by atoms with Crippen LogP contribution in [0.3, 0.4) is 0 Å². The first-order valence-electron chi connectivity index (χ1n) is 6.37. The van der Waals surface area contributed by atoms with E-state index >= 15 is 0 Å². The summed E-state index contributed by atoms with van der Waals surface area (Å²) in [5, 5.41) is 0. The predicted octanol–water partition coefficient (Wildman–Crippen LogP) is 2.89. The van der Waals surface area contributed by atoms with Gasteiger partial charge in [0.25, 0.3) is 5.91 Å². The maximum absolute atomic E-state index is 12.0. The van der Waals surface area contributed by atoms with E-state index in [1.165, 1.54) is 7.11 Å². The van der Waals surface area contributed by atoms with E-state index in [2.05, 4.69) is 10.2 Å². The summed E-state index contributed by atoms with van der Waals surface area (Å²) in [6.45, 7) is 7.21. The molecular formula is C14H19Cl2NO4. The zero-order chi connectivity index (χ0) is 16.4. The Morgan fingerprint density at radius 1 is 1.24 bits per heavy atom. The summed E-state index contributed by atoms with van der Waals surface area (Å²) >= 11 is 11.3. The molecule has 0 heterocycles. The molecule has 0 aromatic heterocycles. The second kappa shape index (κ2) is 6.81. The summed E-state index contributed by atoms with van der Waals surface area (Å²) in [4.78, 5) is 28.9. The Morgan fingerprint density at radius 2 is 1.81 bits per heavy atom. The van der Waals surface area contributed by atoms with Crippen molar-refractivity contribution in [2.75, 3.05) is 7.11 Å². The summed E-state index contributed by atoms with van der Waals surface area (Å²) in [5.74, 6) is -1.34. The third-order valence-corrected chi connectivity index (χ3v) is 3.76. The van der Waals surface area contributed by atoms with E-state index in [-0.39, 0.29) is 27.5 Å². The number of hydrogen-bond acceptors (Lipinski definition) is 4. The van der Waals surface area contributed by atoms with Crippen LogP contribution < -0.4 is 5.48 Å². The second-order valence-electron chi connectivity index (χ2n) is 5.64. The average Bonchev–Trinajstić information content (AvgIpc) is 2.86. The Hall–Kier alpha value is -1.04. The van der Waals surface area contributed by atoms with Crippen LogP contribution in [0.15, 0.2) is 21.7 Å². The summed E-state index contributed by atoms with van der Waals surface area (Å²) in [7, 11) is 1.21. The van der Waals surface area contributed by atoms with Crippen molar-refractivity contribution in [2.45, 2.75) is 33.8 Å². The molecule has 0 aromatic carbocycles. The van der Waals surface area contributed by atoms with Crippen LogP contribution in [-0.2, 0) is 19.2 Å². The molecular weight excluding hydrogens is 317 g/mol.